The minimum Gasteiger partial charge on any atom is -0.382 e. The molecule has 2 N–H and O–H groups in total. The van der Waals surface area contributed by atoms with Crippen molar-refractivity contribution in [1.29, 1.82) is 0 Å². The second kappa shape index (κ2) is 12.9. The smallest absolute Gasteiger partial charge is 0.258 e. The van der Waals surface area contributed by atoms with Crippen molar-refractivity contribution >= 4 is 49.0 Å². The predicted octanol–water partition coefficient (Wildman–Crippen LogP) is 3.66. The summed E-state index contributed by atoms with van der Waals surface area (Å²) < 4.78 is 8.39. The molecule has 208 valence electrons. The number of hydrogen-bond acceptors (Lipinski definition) is 8. The number of morpholine rings is 1. The summed E-state index contributed by atoms with van der Waals surface area (Å²) in [6.45, 7) is 12.5. The predicted molar refractivity (Wildman–Crippen MR) is 159 cm³/mol. The third-order valence-corrected chi connectivity index (χ3v) is 8.43. The quantitative estimate of drug-likeness (QED) is 0.346. The van der Waals surface area contributed by atoms with Gasteiger partial charge in [-0.1, -0.05) is 26.0 Å². The summed E-state index contributed by atoms with van der Waals surface area (Å²) in [5.74, 6) is -0.319. The average Bonchev–Trinajstić information content (AvgIpc) is 3.63. The van der Waals surface area contributed by atoms with Crippen LogP contribution in [0.2, 0.25) is 0 Å². The second-order valence-electron chi connectivity index (χ2n) is 9.70. The number of likely N-dealkylation sites (tertiary alicyclic amines) is 1. The van der Waals surface area contributed by atoms with Crippen LogP contribution in [0.3, 0.4) is 0 Å². The summed E-state index contributed by atoms with van der Waals surface area (Å²) in [6, 6.07) is 9.80. The molecule has 2 aliphatic heterocycles. The molecule has 2 fully saturated rings. The second-order valence-corrected chi connectivity index (χ2v) is 10.7. The van der Waals surface area contributed by atoms with Gasteiger partial charge in [-0.3, -0.25) is 18.9 Å². The highest BCUT2D eigenvalue weighted by molar-refractivity contribution is 7.24. The van der Waals surface area contributed by atoms with Crippen LogP contribution in [-0.2, 0) is 4.74 Å². The van der Waals surface area contributed by atoms with E-state index in [-0.39, 0.29) is 16.9 Å². The molecule has 2 saturated heterocycles. The normalized spacial score (nSPS) is 16.5. The molecule has 0 aliphatic carbocycles. The van der Waals surface area contributed by atoms with Gasteiger partial charge >= 0.3 is 0 Å². The maximum Gasteiger partial charge on any atom is 0.258 e. The lowest BCUT2D eigenvalue weighted by Crippen LogP contribution is -2.39. The Hall–Kier alpha value is -3.05. The molecule has 0 bridgehead atoms. The third-order valence-electron chi connectivity index (χ3n) is 7.28. The molecule has 0 radical (unpaired) electrons. The van der Waals surface area contributed by atoms with Crippen LogP contribution in [0, 0.1) is 0 Å². The number of nitrogens with one attached hydrogen (secondary N) is 2. The van der Waals surface area contributed by atoms with Gasteiger partial charge in [0, 0.05) is 39.3 Å². The van der Waals surface area contributed by atoms with Crippen LogP contribution < -0.4 is 16.1 Å². The molecule has 0 atom stereocenters. The first kappa shape index (κ1) is 27.5. The highest BCUT2D eigenvalue weighted by Crippen LogP contribution is 2.31. The van der Waals surface area contributed by atoms with Crippen LogP contribution in [0.15, 0.2) is 41.3 Å². The Labute approximate surface area is 232 Å². The largest absolute Gasteiger partial charge is 0.382 e. The van der Waals surface area contributed by atoms with E-state index in [0.717, 1.165) is 74.9 Å². The Balaban J connectivity index is 0.00000151. The van der Waals surface area contributed by atoms with E-state index < -0.39 is 0 Å². The van der Waals surface area contributed by atoms with E-state index in [1.807, 2.05) is 48.6 Å². The molecule has 0 saturated carbocycles. The fourth-order valence-electron chi connectivity index (χ4n) is 5.30. The Morgan fingerprint density at radius 2 is 1.74 bits per heavy atom. The molecular formula is C29H38N6O3S. The van der Waals surface area contributed by atoms with Gasteiger partial charge in [0.15, 0.2) is 0 Å². The minimum absolute atomic E-state index is 0.197. The molecule has 6 rings (SSSR count). The van der Waals surface area contributed by atoms with Gasteiger partial charge in [0.1, 0.15) is 16.0 Å². The van der Waals surface area contributed by atoms with Gasteiger partial charge in [-0.15, -0.1) is 11.3 Å². The lowest BCUT2D eigenvalue weighted by molar-refractivity contribution is 0.0398. The van der Waals surface area contributed by atoms with Gasteiger partial charge in [0.05, 0.1) is 40.7 Å². The summed E-state index contributed by atoms with van der Waals surface area (Å²) in [7, 11) is 0. The number of para-hydroxylation sites is 1. The summed E-state index contributed by atoms with van der Waals surface area (Å²) in [5, 5.41) is 6.87. The van der Waals surface area contributed by atoms with Crippen molar-refractivity contribution in [3.63, 3.8) is 0 Å². The SMILES string of the molecule is CC.O=C(NCCN1CCCC1)c1c(=O)c2cc(NCCN3CCOCC3)cnc2n2c1sc1ccccc12. The number of anilines is 1. The van der Waals surface area contributed by atoms with Gasteiger partial charge in [-0.05, 0) is 44.1 Å². The van der Waals surface area contributed by atoms with Crippen LogP contribution in [0.4, 0.5) is 5.69 Å². The number of carbonyl (C=O) groups excluding carboxylic acids is 1. The van der Waals surface area contributed by atoms with E-state index in [0.29, 0.717) is 22.4 Å². The first-order valence-corrected chi connectivity index (χ1v) is 14.9. The van der Waals surface area contributed by atoms with E-state index >= 15 is 0 Å². The van der Waals surface area contributed by atoms with Crippen molar-refractivity contribution in [3.05, 3.63) is 52.3 Å². The number of pyridine rings is 2. The summed E-state index contributed by atoms with van der Waals surface area (Å²) >= 11 is 1.46. The van der Waals surface area contributed by atoms with Gasteiger partial charge < -0.3 is 20.3 Å². The van der Waals surface area contributed by atoms with Crippen molar-refractivity contribution < 1.29 is 9.53 Å². The topological polar surface area (TPSA) is 91.2 Å². The number of nitrogens with zero attached hydrogens (tertiary/aromatic N) is 4. The van der Waals surface area contributed by atoms with Crippen LogP contribution in [0.25, 0.3) is 26.1 Å². The number of aromatic nitrogens is 2. The fraction of sp³-hybridized carbons (Fsp3) is 0.483. The van der Waals surface area contributed by atoms with Crippen LogP contribution in [0.5, 0.6) is 0 Å². The highest BCUT2D eigenvalue weighted by atomic mass is 32.1. The van der Waals surface area contributed by atoms with E-state index in [4.69, 9.17) is 9.72 Å². The highest BCUT2D eigenvalue weighted by Gasteiger charge is 2.23. The van der Waals surface area contributed by atoms with E-state index in [9.17, 15) is 9.59 Å². The standard InChI is InChI=1S/C27H32N6O3S.C2H6/c34-24-20-17-19(28-7-11-32-13-15-36-16-14-32)18-30-25(20)33-21-5-1-2-6-22(21)37-27(33)23(24)26(35)29-8-12-31-9-3-4-10-31;1-2/h1-2,5-6,17-18,28H,3-4,7-16H2,(H,29,35);1-2H3. The molecule has 1 aromatic carbocycles. The number of hydrogen-bond donors (Lipinski definition) is 2. The Kier molecular flexibility index (Phi) is 9.08. The molecule has 9 nitrogen and oxygen atoms in total. The number of amides is 1. The molecule has 0 unspecified atom stereocenters. The molecule has 3 aromatic heterocycles. The number of thiazole rings is 1. The summed E-state index contributed by atoms with van der Waals surface area (Å²) in [5.41, 5.74) is 2.22. The maximum absolute atomic E-state index is 13.8. The lowest BCUT2D eigenvalue weighted by Gasteiger charge is -2.26. The van der Waals surface area contributed by atoms with Crippen LogP contribution in [0.1, 0.15) is 37.0 Å². The monoisotopic (exact) mass is 550 g/mol. The molecule has 5 heterocycles. The molecule has 1 amide bonds. The molecular weight excluding hydrogens is 512 g/mol. The Morgan fingerprint density at radius 3 is 2.54 bits per heavy atom. The zero-order valence-electron chi connectivity index (χ0n) is 22.9. The minimum atomic E-state index is -0.319. The number of benzene rings is 1. The van der Waals surface area contributed by atoms with Gasteiger partial charge in [-0.25, -0.2) is 4.98 Å². The molecule has 4 aromatic rings. The van der Waals surface area contributed by atoms with Gasteiger partial charge in [0.2, 0.25) is 5.43 Å². The zero-order chi connectivity index (χ0) is 27.2. The van der Waals surface area contributed by atoms with E-state index in [1.165, 1.54) is 24.2 Å². The first-order valence-electron chi connectivity index (χ1n) is 14.1. The Morgan fingerprint density at radius 1 is 1.03 bits per heavy atom. The number of carbonyl (C=O) groups is 1. The Bertz CT molecular complexity index is 1490. The summed E-state index contributed by atoms with van der Waals surface area (Å²) in [4.78, 5) is 37.2. The molecule has 10 heteroatoms. The molecule has 39 heavy (non-hydrogen) atoms. The van der Waals surface area contributed by atoms with Crippen molar-refractivity contribution in [2.45, 2.75) is 26.7 Å². The number of fused-ring (bicyclic) bond motifs is 5. The first-order chi connectivity index (χ1) is 19.2. The lowest BCUT2D eigenvalue weighted by atomic mass is 10.1. The summed E-state index contributed by atoms with van der Waals surface area (Å²) in [6.07, 6.45) is 4.19. The van der Waals surface area contributed by atoms with Crippen LogP contribution >= 0.6 is 11.3 Å². The zero-order valence-corrected chi connectivity index (χ0v) is 23.7. The third kappa shape index (κ3) is 5.94. The van der Waals surface area contributed by atoms with Crippen molar-refractivity contribution in [1.82, 2.24) is 24.5 Å². The number of rotatable bonds is 8. The van der Waals surface area contributed by atoms with Crippen molar-refractivity contribution in [2.24, 2.45) is 0 Å². The average molecular weight is 551 g/mol. The van der Waals surface area contributed by atoms with Crippen LogP contribution in [-0.4, -0.2) is 90.7 Å². The number of ether oxygens (including phenoxy) is 1. The van der Waals surface area contributed by atoms with Gasteiger partial charge in [-0.2, -0.15) is 0 Å². The van der Waals surface area contributed by atoms with E-state index in [2.05, 4.69) is 20.4 Å². The fourth-order valence-corrected chi connectivity index (χ4v) is 6.48. The van der Waals surface area contributed by atoms with Crippen molar-refractivity contribution in [3.8, 4) is 0 Å². The molecule has 2 aliphatic rings. The van der Waals surface area contributed by atoms with Gasteiger partial charge in [0.25, 0.3) is 5.91 Å². The maximum atomic E-state index is 13.8. The molecule has 0 spiro atoms. The van der Waals surface area contributed by atoms with Crippen molar-refractivity contribution in [2.75, 3.05) is 70.9 Å². The van der Waals surface area contributed by atoms with E-state index in [1.54, 1.807) is 6.20 Å².